The van der Waals surface area contributed by atoms with Crippen LogP contribution in [0, 0.1) is 13.8 Å². The Labute approximate surface area is 115 Å². The van der Waals surface area contributed by atoms with E-state index < -0.39 is 0 Å². The lowest BCUT2D eigenvalue weighted by Crippen LogP contribution is -2.32. The zero-order valence-corrected chi connectivity index (χ0v) is 11.9. The highest BCUT2D eigenvalue weighted by molar-refractivity contribution is 5.39. The summed E-state index contributed by atoms with van der Waals surface area (Å²) in [7, 11) is 0. The number of hydrogen-bond donors (Lipinski definition) is 2. The fourth-order valence-electron chi connectivity index (χ4n) is 2.20. The van der Waals surface area contributed by atoms with Gasteiger partial charge in [-0.25, -0.2) is 4.98 Å². The maximum absolute atomic E-state index is 5.86. The summed E-state index contributed by atoms with van der Waals surface area (Å²) < 4.78 is 5.86. The maximum Gasteiger partial charge on any atom is 0.147 e. The number of hydrogen-bond acceptors (Lipinski definition) is 5. The van der Waals surface area contributed by atoms with Crippen LogP contribution in [-0.4, -0.2) is 42.3 Å². The standard InChI is InChI=1S/C14H24N4O/c1-11-10-17-12(2)14(18-11)16-6-3-9-19-13-4-7-15-8-5-13/h10,13,15H,3-9H2,1-2H3,(H,16,18). The minimum absolute atomic E-state index is 0.446. The lowest BCUT2D eigenvalue weighted by Gasteiger charge is -2.22. The molecule has 2 rings (SSSR count). The van der Waals surface area contributed by atoms with Gasteiger partial charge in [-0.05, 0) is 46.2 Å². The number of rotatable bonds is 6. The first-order valence-corrected chi connectivity index (χ1v) is 7.12. The van der Waals surface area contributed by atoms with Gasteiger partial charge in [-0.2, -0.15) is 0 Å². The van der Waals surface area contributed by atoms with E-state index in [1.54, 1.807) is 6.20 Å². The van der Waals surface area contributed by atoms with Gasteiger partial charge in [0.2, 0.25) is 0 Å². The Kier molecular flexibility index (Phi) is 5.54. The van der Waals surface area contributed by atoms with E-state index in [4.69, 9.17) is 4.74 Å². The summed E-state index contributed by atoms with van der Waals surface area (Å²) in [5.41, 5.74) is 1.89. The minimum Gasteiger partial charge on any atom is -0.378 e. The van der Waals surface area contributed by atoms with Crippen molar-refractivity contribution in [3.05, 3.63) is 17.6 Å². The molecular formula is C14H24N4O. The Morgan fingerprint density at radius 1 is 1.37 bits per heavy atom. The Bertz CT molecular complexity index is 391. The van der Waals surface area contributed by atoms with Crippen molar-refractivity contribution in [2.45, 2.75) is 39.2 Å². The summed E-state index contributed by atoms with van der Waals surface area (Å²) in [6, 6.07) is 0. The third kappa shape index (κ3) is 4.76. The number of ether oxygens (including phenoxy) is 1. The zero-order valence-electron chi connectivity index (χ0n) is 11.9. The number of nitrogens with one attached hydrogen (secondary N) is 2. The van der Waals surface area contributed by atoms with Crippen LogP contribution >= 0.6 is 0 Å². The molecule has 5 heteroatoms. The molecule has 0 saturated carbocycles. The molecule has 2 heterocycles. The number of nitrogens with zero attached hydrogens (tertiary/aromatic N) is 2. The molecule has 0 bridgehead atoms. The predicted molar refractivity (Wildman–Crippen MR) is 76.5 cm³/mol. The molecule has 0 unspecified atom stereocenters. The van der Waals surface area contributed by atoms with Gasteiger partial charge in [-0.3, -0.25) is 4.98 Å². The number of anilines is 1. The van der Waals surface area contributed by atoms with E-state index in [0.29, 0.717) is 6.10 Å². The first-order chi connectivity index (χ1) is 9.25. The van der Waals surface area contributed by atoms with Crippen LogP contribution in [0.15, 0.2) is 6.20 Å². The monoisotopic (exact) mass is 264 g/mol. The molecule has 0 radical (unpaired) electrons. The SMILES string of the molecule is Cc1cnc(C)c(NCCCOC2CCNCC2)n1. The predicted octanol–water partition coefficient (Wildman–Crippen LogP) is 1.66. The highest BCUT2D eigenvalue weighted by Gasteiger charge is 2.12. The molecule has 0 aromatic carbocycles. The Balaban J connectivity index is 1.62. The molecule has 5 nitrogen and oxygen atoms in total. The van der Waals surface area contributed by atoms with Crippen LogP contribution in [0.3, 0.4) is 0 Å². The summed E-state index contributed by atoms with van der Waals surface area (Å²) >= 11 is 0. The molecule has 106 valence electrons. The lowest BCUT2D eigenvalue weighted by atomic mass is 10.1. The highest BCUT2D eigenvalue weighted by Crippen LogP contribution is 2.09. The van der Waals surface area contributed by atoms with Crippen molar-refractivity contribution in [1.82, 2.24) is 15.3 Å². The molecule has 19 heavy (non-hydrogen) atoms. The van der Waals surface area contributed by atoms with E-state index in [-0.39, 0.29) is 0 Å². The van der Waals surface area contributed by atoms with Gasteiger partial charge in [-0.15, -0.1) is 0 Å². The quantitative estimate of drug-likeness (QED) is 0.765. The van der Waals surface area contributed by atoms with Crippen LogP contribution in [0.25, 0.3) is 0 Å². The van der Waals surface area contributed by atoms with Gasteiger partial charge in [0.1, 0.15) is 5.82 Å². The molecule has 0 amide bonds. The van der Waals surface area contributed by atoms with Gasteiger partial charge >= 0.3 is 0 Å². The van der Waals surface area contributed by atoms with Gasteiger partial charge < -0.3 is 15.4 Å². The number of aromatic nitrogens is 2. The van der Waals surface area contributed by atoms with E-state index in [1.807, 2.05) is 13.8 Å². The average Bonchev–Trinajstić information content (AvgIpc) is 2.43. The fourth-order valence-corrected chi connectivity index (χ4v) is 2.20. The topological polar surface area (TPSA) is 59.1 Å². The molecule has 1 fully saturated rings. The number of aryl methyl sites for hydroxylation is 2. The summed E-state index contributed by atoms with van der Waals surface area (Å²) in [6.07, 6.45) is 5.51. The minimum atomic E-state index is 0.446. The molecule has 0 atom stereocenters. The first-order valence-electron chi connectivity index (χ1n) is 7.12. The second-order valence-corrected chi connectivity index (χ2v) is 5.05. The summed E-state index contributed by atoms with van der Waals surface area (Å²) in [4.78, 5) is 8.73. The molecule has 0 spiro atoms. The van der Waals surface area contributed by atoms with Gasteiger partial charge in [-0.1, -0.05) is 0 Å². The smallest absolute Gasteiger partial charge is 0.147 e. The van der Waals surface area contributed by atoms with Crippen LogP contribution in [0.5, 0.6) is 0 Å². The first kappa shape index (κ1) is 14.2. The van der Waals surface area contributed by atoms with E-state index in [0.717, 1.165) is 62.7 Å². The second-order valence-electron chi connectivity index (χ2n) is 5.05. The summed E-state index contributed by atoms with van der Waals surface area (Å²) in [5.74, 6) is 0.891. The summed E-state index contributed by atoms with van der Waals surface area (Å²) in [5, 5.41) is 6.67. The largest absolute Gasteiger partial charge is 0.378 e. The van der Waals surface area contributed by atoms with Crippen molar-refractivity contribution in [2.75, 3.05) is 31.6 Å². The molecular weight excluding hydrogens is 240 g/mol. The molecule has 1 aromatic rings. The third-order valence-corrected chi connectivity index (χ3v) is 3.33. The second kappa shape index (κ2) is 7.40. The lowest BCUT2D eigenvalue weighted by molar-refractivity contribution is 0.0329. The van der Waals surface area contributed by atoms with E-state index in [1.165, 1.54) is 0 Å². The summed E-state index contributed by atoms with van der Waals surface area (Å²) in [6.45, 7) is 7.79. The van der Waals surface area contributed by atoms with Crippen molar-refractivity contribution in [3.8, 4) is 0 Å². The van der Waals surface area contributed by atoms with Crippen molar-refractivity contribution in [2.24, 2.45) is 0 Å². The van der Waals surface area contributed by atoms with Gasteiger partial charge in [0.15, 0.2) is 0 Å². The molecule has 1 aliphatic heterocycles. The van der Waals surface area contributed by atoms with Crippen LogP contribution in [0.1, 0.15) is 30.7 Å². The van der Waals surface area contributed by atoms with Crippen LogP contribution < -0.4 is 10.6 Å². The maximum atomic E-state index is 5.86. The van der Waals surface area contributed by atoms with Gasteiger partial charge in [0.25, 0.3) is 0 Å². The zero-order chi connectivity index (χ0) is 13.5. The Morgan fingerprint density at radius 3 is 2.95 bits per heavy atom. The van der Waals surface area contributed by atoms with Crippen molar-refractivity contribution >= 4 is 5.82 Å². The number of piperidine rings is 1. The third-order valence-electron chi connectivity index (χ3n) is 3.33. The van der Waals surface area contributed by atoms with E-state index in [9.17, 15) is 0 Å². The van der Waals surface area contributed by atoms with Crippen LogP contribution in [0.4, 0.5) is 5.82 Å². The molecule has 2 N–H and O–H groups in total. The van der Waals surface area contributed by atoms with Crippen LogP contribution in [0.2, 0.25) is 0 Å². The highest BCUT2D eigenvalue weighted by atomic mass is 16.5. The average molecular weight is 264 g/mol. The Morgan fingerprint density at radius 2 is 2.16 bits per heavy atom. The molecule has 1 saturated heterocycles. The van der Waals surface area contributed by atoms with Crippen molar-refractivity contribution < 1.29 is 4.74 Å². The molecule has 1 aliphatic rings. The van der Waals surface area contributed by atoms with E-state index in [2.05, 4.69) is 20.6 Å². The fraction of sp³-hybridized carbons (Fsp3) is 0.714. The van der Waals surface area contributed by atoms with Gasteiger partial charge in [0.05, 0.1) is 17.5 Å². The van der Waals surface area contributed by atoms with Crippen LogP contribution in [-0.2, 0) is 4.74 Å². The normalized spacial score (nSPS) is 16.5. The van der Waals surface area contributed by atoms with Crippen molar-refractivity contribution in [1.29, 1.82) is 0 Å². The van der Waals surface area contributed by atoms with Gasteiger partial charge in [0, 0.05) is 19.3 Å². The molecule has 0 aliphatic carbocycles. The van der Waals surface area contributed by atoms with E-state index >= 15 is 0 Å². The molecule has 1 aromatic heterocycles. The Hall–Kier alpha value is -1.20. The van der Waals surface area contributed by atoms with Crippen molar-refractivity contribution in [3.63, 3.8) is 0 Å².